The van der Waals surface area contributed by atoms with Gasteiger partial charge in [0.05, 0.1) is 6.26 Å². The molecule has 0 spiro atoms. The molecule has 2 nitrogen and oxygen atoms in total. The Morgan fingerprint density at radius 2 is 2.18 bits per heavy atom. The first-order chi connectivity index (χ1) is 5.12. The predicted octanol–water partition coefficient (Wildman–Crippen LogP) is 1.93. The molecule has 0 aliphatic carbocycles. The summed E-state index contributed by atoms with van der Waals surface area (Å²) in [6, 6.07) is 0. The van der Waals surface area contributed by atoms with Crippen LogP contribution in [0.15, 0.2) is 25.0 Å². The Kier molecular flexibility index (Phi) is 4.27. The van der Waals surface area contributed by atoms with Crippen LogP contribution in [0.25, 0.3) is 0 Å². The van der Waals surface area contributed by atoms with Crippen molar-refractivity contribution in [1.29, 1.82) is 0 Å². The Bertz CT molecular complexity index is 157. The topological polar surface area (TPSA) is 26.3 Å². The van der Waals surface area contributed by atoms with E-state index in [4.69, 9.17) is 4.74 Å². The van der Waals surface area contributed by atoms with Gasteiger partial charge in [0.15, 0.2) is 0 Å². The molecule has 0 heterocycles. The lowest BCUT2D eigenvalue weighted by molar-refractivity contribution is -0.112. The maximum Gasteiger partial charge on any atom is 0.129 e. The maximum absolute atomic E-state index is 10.4. The van der Waals surface area contributed by atoms with Crippen molar-refractivity contribution in [2.75, 3.05) is 6.61 Å². The van der Waals surface area contributed by atoms with Gasteiger partial charge in [-0.05, 0) is 19.9 Å². The van der Waals surface area contributed by atoms with E-state index in [1.807, 2.05) is 13.8 Å². The smallest absolute Gasteiger partial charge is 0.129 e. The van der Waals surface area contributed by atoms with Crippen molar-refractivity contribution < 1.29 is 9.53 Å². The highest BCUT2D eigenvalue weighted by Gasteiger charge is 2.10. The first-order valence-corrected chi connectivity index (χ1v) is 3.49. The van der Waals surface area contributed by atoms with E-state index in [9.17, 15) is 4.79 Å². The van der Waals surface area contributed by atoms with Crippen LogP contribution in [0.4, 0.5) is 0 Å². The SMILES string of the molecule is C=CCOC=CC(C)(C)C=O. The van der Waals surface area contributed by atoms with Crippen molar-refractivity contribution in [2.45, 2.75) is 13.8 Å². The Labute approximate surface area is 67.6 Å². The third-order valence-corrected chi connectivity index (χ3v) is 1.11. The fraction of sp³-hybridized carbons (Fsp3) is 0.444. The van der Waals surface area contributed by atoms with Crippen LogP contribution in [-0.2, 0) is 9.53 Å². The Morgan fingerprint density at radius 3 is 2.64 bits per heavy atom. The molecule has 0 aliphatic rings. The standard InChI is InChI=1S/C9H14O2/c1-4-6-11-7-5-9(2,3)8-10/h4-5,7-8H,1,6H2,2-3H3. The number of carbonyl (C=O) groups is 1. The molecule has 0 radical (unpaired) electrons. The van der Waals surface area contributed by atoms with Gasteiger partial charge in [-0.2, -0.15) is 0 Å². The zero-order chi connectivity index (χ0) is 8.74. The molecule has 0 atom stereocenters. The third-order valence-electron chi connectivity index (χ3n) is 1.11. The number of allylic oxidation sites excluding steroid dienone is 1. The van der Waals surface area contributed by atoms with Crippen molar-refractivity contribution in [3.05, 3.63) is 25.0 Å². The van der Waals surface area contributed by atoms with Crippen molar-refractivity contribution in [2.24, 2.45) is 5.41 Å². The van der Waals surface area contributed by atoms with Crippen molar-refractivity contribution in [3.8, 4) is 0 Å². The van der Waals surface area contributed by atoms with Crippen molar-refractivity contribution in [1.82, 2.24) is 0 Å². The van der Waals surface area contributed by atoms with Gasteiger partial charge < -0.3 is 9.53 Å². The largest absolute Gasteiger partial charge is 0.497 e. The van der Waals surface area contributed by atoms with Crippen molar-refractivity contribution >= 4 is 6.29 Å². The molecule has 0 amide bonds. The highest BCUT2D eigenvalue weighted by Crippen LogP contribution is 2.11. The summed E-state index contributed by atoms with van der Waals surface area (Å²) in [6.07, 6.45) is 5.76. The molecule has 11 heavy (non-hydrogen) atoms. The van der Waals surface area contributed by atoms with E-state index < -0.39 is 5.41 Å². The molecule has 0 N–H and O–H groups in total. The summed E-state index contributed by atoms with van der Waals surface area (Å²) >= 11 is 0. The van der Waals surface area contributed by atoms with Gasteiger partial charge in [-0.25, -0.2) is 0 Å². The van der Waals surface area contributed by atoms with Crippen LogP contribution in [0.5, 0.6) is 0 Å². The molecule has 0 aromatic carbocycles. The maximum atomic E-state index is 10.4. The molecule has 0 saturated carbocycles. The molecule has 0 saturated heterocycles. The molecule has 0 bridgehead atoms. The van der Waals surface area contributed by atoms with Crippen LogP contribution >= 0.6 is 0 Å². The molecule has 62 valence electrons. The van der Waals surface area contributed by atoms with Gasteiger partial charge in [0.2, 0.25) is 0 Å². The van der Waals surface area contributed by atoms with Crippen LogP contribution in [-0.4, -0.2) is 12.9 Å². The van der Waals surface area contributed by atoms with Gasteiger partial charge in [0, 0.05) is 5.41 Å². The number of aldehydes is 1. The first-order valence-electron chi connectivity index (χ1n) is 3.49. The summed E-state index contributed by atoms with van der Waals surface area (Å²) < 4.78 is 4.96. The molecular formula is C9H14O2. The lowest BCUT2D eigenvalue weighted by Gasteiger charge is -2.08. The van der Waals surface area contributed by atoms with Gasteiger partial charge >= 0.3 is 0 Å². The summed E-state index contributed by atoms with van der Waals surface area (Å²) in [5.74, 6) is 0. The molecule has 2 heteroatoms. The number of rotatable bonds is 5. The zero-order valence-electron chi connectivity index (χ0n) is 7.04. The molecule has 0 fully saturated rings. The van der Waals surface area contributed by atoms with Crippen molar-refractivity contribution in [3.63, 3.8) is 0 Å². The lowest BCUT2D eigenvalue weighted by Crippen LogP contribution is -2.08. The second-order valence-electron chi connectivity index (χ2n) is 2.86. The van der Waals surface area contributed by atoms with E-state index in [1.165, 1.54) is 6.26 Å². The van der Waals surface area contributed by atoms with E-state index in [0.717, 1.165) is 6.29 Å². The van der Waals surface area contributed by atoms with E-state index in [1.54, 1.807) is 12.2 Å². The number of hydrogen-bond acceptors (Lipinski definition) is 2. The number of ether oxygens (including phenoxy) is 1. The summed E-state index contributed by atoms with van der Waals surface area (Å²) in [5.41, 5.74) is -0.429. The molecule has 0 aliphatic heterocycles. The monoisotopic (exact) mass is 154 g/mol. The normalized spacial score (nSPS) is 11.5. The fourth-order valence-corrected chi connectivity index (χ4v) is 0.386. The van der Waals surface area contributed by atoms with Gasteiger partial charge in [-0.15, -0.1) is 0 Å². The van der Waals surface area contributed by atoms with E-state index in [-0.39, 0.29) is 0 Å². The number of carbonyl (C=O) groups excluding carboxylic acids is 1. The summed E-state index contributed by atoms with van der Waals surface area (Å²) in [7, 11) is 0. The quantitative estimate of drug-likeness (QED) is 0.262. The molecule has 0 unspecified atom stereocenters. The highest BCUT2D eigenvalue weighted by molar-refractivity contribution is 5.60. The van der Waals surface area contributed by atoms with Gasteiger partial charge in [0.25, 0.3) is 0 Å². The van der Waals surface area contributed by atoms with E-state index in [2.05, 4.69) is 6.58 Å². The average molecular weight is 154 g/mol. The lowest BCUT2D eigenvalue weighted by atomic mass is 9.96. The van der Waals surface area contributed by atoms with Crippen LogP contribution < -0.4 is 0 Å². The van der Waals surface area contributed by atoms with E-state index >= 15 is 0 Å². The minimum absolute atomic E-state index is 0.429. The second kappa shape index (κ2) is 4.72. The van der Waals surface area contributed by atoms with Gasteiger partial charge in [-0.3, -0.25) is 0 Å². The minimum Gasteiger partial charge on any atom is -0.497 e. The Hall–Kier alpha value is -1.05. The molecule has 0 aromatic rings. The molecule has 0 rings (SSSR count). The van der Waals surface area contributed by atoms with Gasteiger partial charge in [-0.1, -0.05) is 12.7 Å². The van der Waals surface area contributed by atoms with Gasteiger partial charge in [0.1, 0.15) is 12.9 Å². The molecule has 0 aromatic heterocycles. The Morgan fingerprint density at radius 1 is 1.55 bits per heavy atom. The summed E-state index contributed by atoms with van der Waals surface area (Å²) in [4.78, 5) is 10.4. The Balaban J connectivity index is 3.72. The molecular weight excluding hydrogens is 140 g/mol. The second-order valence-corrected chi connectivity index (χ2v) is 2.86. The van der Waals surface area contributed by atoms with Crippen LogP contribution in [0.1, 0.15) is 13.8 Å². The summed E-state index contributed by atoms with van der Waals surface area (Å²) in [6.45, 7) is 7.59. The fourth-order valence-electron chi connectivity index (χ4n) is 0.386. The third kappa shape index (κ3) is 5.40. The van der Waals surface area contributed by atoms with Crippen LogP contribution in [0.2, 0.25) is 0 Å². The first kappa shape index (κ1) is 9.95. The number of hydrogen-bond donors (Lipinski definition) is 0. The summed E-state index contributed by atoms with van der Waals surface area (Å²) in [5, 5.41) is 0. The zero-order valence-corrected chi connectivity index (χ0v) is 7.04. The minimum atomic E-state index is -0.429. The predicted molar refractivity (Wildman–Crippen MR) is 45.1 cm³/mol. The van der Waals surface area contributed by atoms with Crippen LogP contribution in [0.3, 0.4) is 0 Å². The average Bonchev–Trinajstić information content (AvgIpc) is 1.99. The highest BCUT2D eigenvalue weighted by atomic mass is 16.5. The van der Waals surface area contributed by atoms with E-state index in [0.29, 0.717) is 6.61 Å². The van der Waals surface area contributed by atoms with Crippen LogP contribution in [0, 0.1) is 5.41 Å².